The van der Waals surface area contributed by atoms with Crippen molar-refractivity contribution in [1.82, 2.24) is 4.90 Å². The van der Waals surface area contributed by atoms with Crippen LogP contribution in [0.2, 0.25) is 0 Å². The van der Waals surface area contributed by atoms with Crippen LogP contribution in [0.15, 0.2) is 12.1 Å². The van der Waals surface area contributed by atoms with E-state index < -0.39 is 15.8 Å². The molecule has 0 spiro atoms. The number of aromatic hydroxyl groups is 1. The van der Waals surface area contributed by atoms with Crippen molar-refractivity contribution in [1.29, 1.82) is 0 Å². The van der Waals surface area contributed by atoms with Crippen LogP contribution < -0.4 is 0 Å². The van der Waals surface area contributed by atoms with Crippen molar-refractivity contribution in [2.24, 2.45) is 0 Å². The van der Waals surface area contributed by atoms with Gasteiger partial charge in [0.2, 0.25) is 0 Å². The molecule has 6 nitrogen and oxygen atoms in total. The second-order valence-electron chi connectivity index (χ2n) is 5.27. The van der Waals surface area contributed by atoms with Gasteiger partial charge in [0.15, 0.2) is 9.84 Å². The Bertz CT molecular complexity index is 679. The molecule has 0 unspecified atom stereocenters. The van der Waals surface area contributed by atoms with Gasteiger partial charge in [0, 0.05) is 23.2 Å². The van der Waals surface area contributed by atoms with Crippen molar-refractivity contribution in [3.63, 3.8) is 0 Å². The first kappa shape index (κ1) is 19.2. The zero-order chi connectivity index (χ0) is 17.0. The van der Waals surface area contributed by atoms with Crippen molar-refractivity contribution >= 4 is 61.0 Å². The predicted molar refractivity (Wildman–Crippen MR) is 104 cm³/mol. The maximum absolute atomic E-state index is 12.0. The maximum Gasteiger partial charge on any atom is 0.341 e. The summed E-state index contributed by atoms with van der Waals surface area (Å²) >= 11 is 4.05. The zero-order valence-electron chi connectivity index (χ0n) is 12.3. The minimum Gasteiger partial charge on any atom is -0.506 e. The fraction of sp³-hybridized carbons (Fsp3) is 0.500. The van der Waals surface area contributed by atoms with Gasteiger partial charge in [-0.05, 0) is 63.7 Å². The highest BCUT2D eigenvalue weighted by Crippen LogP contribution is 2.27. The fourth-order valence-electron chi connectivity index (χ4n) is 2.23. The lowest BCUT2D eigenvalue weighted by Gasteiger charge is -2.26. The molecule has 128 valence electrons. The van der Waals surface area contributed by atoms with Crippen LogP contribution >= 0.6 is 45.2 Å². The van der Waals surface area contributed by atoms with Crippen LogP contribution in [0.3, 0.4) is 0 Å². The molecule has 1 fully saturated rings. The van der Waals surface area contributed by atoms with E-state index in [9.17, 15) is 18.3 Å². The Morgan fingerprint density at radius 2 is 1.91 bits per heavy atom. The molecular formula is C14H17I2NO5S. The minimum atomic E-state index is -2.86. The summed E-state index contributed by atoms with van der Waals surface area (Å²) in [5, 5.41) is 9.93. The average molecular weight is 565 g/mol. The molecule has 1 heterocycles. The van der Waals surface area contributed by atoms with Gasteiger partial charge in [0.05, 0.1) is 21.7 Å². The molecule has 1 aliphatic rings. The fourth-order valence-corrected chi connectivity index (χ4v) is 5.35. The second kappa shape index (κ2) is 8.30. The third-order valence-corrected chi connectivity index (χ3v) is 6.59. The lowest BCUT2D eigenvalue weighted by Crippen LogP contribution is -2.40. The van der Waals surface area contributed by atoms with Gasteiger partial charge < -0.3 is 14.7 Å². The number of phenolic OH excluding ortho intramolecular Hbond substituents is 1. The van der Waals surface area contributed by atoms with Crippen molar-refractivity contribution < 1.29 is 23.1 Å². The van der Waals surface area contributed by atoms with E-state index in [1.165, 1.54) is 0 Å². The Morgan fingerprint density at radius 1 is 1.26 bits per heavy atom. The minimum absolute atomic E-state index is 0.0581. The van der Waals surface area contributed by atoms with Gasteiger partial charge in [-0.3, -0.25) is 0 Å². The number of hydrogen-bond acceptors (Lipinski definition) is 6. The lowest BCUT2D eigenvalue weighted by molar-refractivity contribution is 0.0486. The summed E-state index contributed by atoms with van der Waals surface area (Å²) in [6.07, 6.45) is 0.633. The summed E-state index contributed by atoms with van der Waals surface area (Å²) in [5.41, 5.74) is 0.172. The van der Waals surface area contributed by atoms with Crippen LogP contribution in [0.4, 0.5) is 0 Å². The summed E-state index contributed by atoms with van der Waals surface area (Å²) in [4.78, 5) is 14.1. The summed E-state index contributed by atoms with van der Waals surface area (Å²) in [5.74, 6) is -0.208. The number of phenols is 1. The van der Waals surface area contributed by atoms with Gasteiger partial charge >= 0.3 is 5.97 Å². The molecular weight excluding hydrogens is 548 g/mol. The van der Waals surface area contributed by atoms with Gasteiger partial charge in [-0.2, -0.15) is 0 Å². The topological polar surface area (TPSA) is 83.9 Å². The number of carbonyl (C=O) groups is 1. The van der Waals surface area contributed by atoms with E-state index in [4.69, 9.17) is 4.74 Å². The van der Waals surface area contributed by atoms with Gasteiger partial charge in [-0.15, -0.1) is 0 Å². The molecule has 9 heteroatoms. The molecule has 1 aliphatic heterocycles. The number of halogens is 2. The summed E-state index contributed by atoms with van der Waals surface area (Å²) in [7, 11) is -2.86. The van der Waals surface area contributed by atoms with Gasteiger partial charge in [0.25, 0.3) is 0 Å². The molecule has 0 atom stereocenters. The highest BCUT2D eigenvalue weighted by molar-refractivity contribution is 14.1. The predicted octanol–water partition coefficient (Wildman–Crippen LogP) is 1.88. The van der Waals surface area contributed by atoms with Crippen molar-refractivity contribution in [2.75, 3.05) is 37.7 Å². The van der Waals surface area contributed by atoms with E-state index in [-0.39, 0.29) is 29.4 Å². The van der Waals surface area contributed by atoms with Crippen LogP contribution in [-0.4, -0.2) is 62.1 Å². The zero-order valence-corrected chi connectivity index (χ0v) is 17.4. The summed E-state index contributed by atoms with van der Waals surface area (Å²) in [6.45, 7) is 2.00. The third-order valence-electron chi connectivity index (χ3n) is 3.54. The molecule has 1 N–H and O–H groups in total. The van der Waals surface area contributed by atoms with Crippen LogP contribution in [0.1, 0.15) is 16.8 Å². The Hall–Kier alpha value is -0.140. The number of esters is 1. The number of rotatable bonds is 5. The van der Waals surface area contributed by atoms with Crippen LogP contribution in [0, 0.1) is 7.14 Å². The van der Waals surface area contributed by atoms with Gasteiger partial charge in [-0.25, -0.2) is 13.2 Å². The van der Waals surface area contributed by atoms with Crippen LogP contribution in [0.5, 0.6) is 5.75 Å². The van der Waals surface area contributed by atoms with Gasteiger partial charge in [0.1, 0.15) is 11.3 Å². The standard InChI is InChI=1S/C14H17I2NO5S/c15-10-8-11(13(18)12(16)9-10)14(19)22-5-1-2-17-3-6-23(20,21)7-4-17/h8-9,18H,1-7H2. The Labute approximate surface area is 162 Å². The van der Waals surface area contributed by atoms with Crippen LogP contribution in [0.25, 0.3) is 0 Å². The molecule has 1 aromatic carbocycles. The SMILES string of the molecule is O=C(OCCCN1CCS(=O)(=O)CC1)c1cc(I)cc(I)c1O. The average Bonchev–Trinajstić information content (AvgIpc) is 2.48. The molecule has 0 aliphatic carbocycles. The van der Waals surface area contributed by atoms with E-state index in [1.54, 1.807) is 12.1 Å². The third kappa shape index (κ3) is 5.71. The molecule has 2 rings (SSSR count). The molecule has 0 radical (unpaired) electrons. The quantitative estimate of drug-likeness (QED) is 0.334. The van der Waals surface area contributed by atoms with E-state index in [1.807, 2.05) is 22.6 Å². The first-order chi connectivity index (χ1) is 10.8. The molecule has 0 bridgehead atoms. The monoisotopic (exact) mass is 565 g/mol. The molecule has 0 aromatic heterocycles. The number of hydrogen-bond donors (Lipinski definition) is 1. The Kier molecular flexibility index (Phi) is 6.92. The normalized spacial score (nSPS) is 17.8. The number of benzene rings is 1. The number of nitrogens with zero attached hydrogens (tertiary/aromatic N) is 1. The molecule has 1 saturated heterocycles. The second-order valence-corrected chi connectivity index (χ2v) is 9.98. The van der Waals surface area contributed by atoms with Crippen molar-refractivity contribution in [3.8, 4) is 5.75 Å². The number of ether oxygens (including phenoxy) is 1. The highest BCUT2D eigenvalue weighted by atomic mass is 127. The van der Waals surface area contributed by atoms with E-state index >= 15 is 0 Å². The van der Waals surface area contributed by atoms with E-state index in [0.717, 1.165) is 3.57 Å². The van der Waals surface area contributed by atoms with E-state index in [0.29, 0.717) is 29.6 Å². The van der Waals surface area contributed by atoms with Crippen molar-refractivity contribution in [3.05, 3.63) is 24.8 Å². The summed E-state index contributed by atoms with van der Waals surface area (Å²) in [6, 6.07) is 3.37. The summed E-state index contributed by atoms with van der Waals surface area (Å²) < 4.78 is 29.3. The first-order valence-corrected chi connectivity index (χ1v) is 11.0. The van der Waals surface area contributed by atoms with E-state index in [2.05, 4.69) is 27.5 Å². The van der Waals surface area contributed by atoms with Gasteiger partial charge in [-0.1, -0.05) is 0 Å². The molecule has 1 aromatic rings. The maximum atomic E-state index is 12.0. The Morgan fingerprint density at radius 3 is 2.57 bits per heavy atom. The van der Waals surface area contributed by atoms with Crippen LogP contribution in [-0.2, 0) is 14.6 Å². The largest absolute Gasteiger partial charge is 0.506 e. The molecule has 23 heavy (non-hydrogen) atoms. The number of carbonyl (C=O) groups excluding carboxylic acids is 1. The molecule has 0 saturated carbocycles. The smallest absolute Gasteiger partial charge is 0.341 e. The lowest BCUT2D eigenvalue weighted by atomic mass is 10.2. The first-order valence-electron chi connectivity index (χ1n) is 7.06. The van der Waals surface area contributed by atoms with Crippen molar-refractivity contribution in [2.45, 2.75) is 6.42 Å². The highest BCUT2D eigenvalue weighted by Gasteiger charge is 2.21. The number of sulfone groups is 1. The molecule has 0 amide bonds. The Balaban J connectivity index is 1.78.